The molecule has 1 fully saturated rings. The summed E-state index contributed by atoms with van der Waals surface area (Å²) >= 11 is 0. The Morgan fingerprint density at radius 1 is 1.21 bits per heavy atom. The number of anilines is 1. The van der Waals surface area contributed by atoms with Crippen molar-refractivity contribution in [1.29, 1.82) is 0 Å². The number of aryl methyl sites for hydroxylation is 1. The van der Waals surface area contributed by atoms with Crippen molar-refractivity contribution in [3.05, 3.63) is 18.0 Å². The maximum absolute atomic E-state index is 11.2. The molecule has 19 heavy (non-hydrogen) atoms. The molecule has 0 radical (unpaired) electrons. The summed E-state index contributed by atoms with van der Waals surface area (Å²) in [5.41, 5.74) is 0.935. The highest BCUT2D eigenvalue weighted by atomic mass is 32.2. The van der Waals surface area contributed by atoms with E-state index in [1.807, 2.05) is 13.0 Å². The quantitative estimate of drug-likeness (QED) is 0.863. The van der Waals surface area contributed by atoms with Crippen LogP contribution in [0.4, 0.5) is 5.95 Å². The van der Waals surface area contributed by atoms with Gasteiger partial charge in [-0.25, -0.2) is 23.1 Å². The summed E-state index contributed by atoms with van der Waals surface area (Å²) in [5.74, 6) is 0.652. The van der Waals surface area contributed by atoms with Crippen molar-refractivity contribution in [2.75, 3.05) is 11.6 Å². The second-order valence-corrected chi connectivity index (χ2v) is 6.88. The van der Waals surface area contributed by atoms with Crippen LogP contribution in [-0.4, -0.2) is 36.7 Å². The van der Waals surface area contributed by atoms with Crippen molar-refractivity contribution in [1.82, 2.24) is 14.7 Å². The molecule has 0 saturated heterocycles. The van der Waals surface area contributed by atoms with Crippen molar-refractivity contribution < 1.29 is 8.42 Å². The van der Waals surface area contributed by atoms with Crippen molar-refractivity contribution in [3.63, 3.8) is 0 Å². The normalized spacial score (nSPS) is 24.1. The Hall–Kier alpha value is -1.21. The lowest BCUT2D eigenvalue weighted by Gasteiger charge is -2.29. The van der Waals surface area contributed by atoms with Crippen LogP contribution in [0.5, 0.6) is 0 Å². The number of sulfonamides is 1. The molecule has 2 N–H and O–H groups in total. The van der Waals surface area contributed by atoms with E-state index in [9.17, 15) is 8.42 Å². The van der Waals surface area contributed by atoms with Gasteiger partial charge in [0.05, 0.1) is 6.26 Å². The summed E-state index contributed by atoms with van der Waals surface area (Å²) in [7, 11) is -3.10. The standard InChI is InChI=1S/C12H20N4O2S/c1-9-7-8-13-12(14-9)15-10-3-5-11(6-4-10)16-19(2,17)18/h7-8,10-11,16H,3-6H2,1-2H3,(H,13,14,15). The van der Waals surface area contributed by atoms with E-state index in [0.29, 0.717) is 12.0 Å². The van der Waals surface area contributed by atoms with E-state index < -0.39 is 10.0 Å². The maximum atomic E-state index is 11.2. The van der Waals surface area contributed by atoms with Gasteiger partial charge in [-0.3, -0.25) is 0 Å². The van der Waals surface area contributed by atoms with Crippen LogP contribution >= 0.6 is 0 Å². The van der Waals surface area contributed by atoms with Crippen LogP contribution in [0.1, 0.15) is 31.4 Å². The average molecular weight is 284 g/mol. The highest BCUT2D eigenvalue weighted by Crippen LogP contribution is 2.21. The average Bonchev–Trinajstić information content (AvgIpc) is 2.30. The Kier molecular flexibility index (Phi) is 4.36. The molecule has 1 aromatic rings. The maximum Gasteiger partial charge on any atom is 0.223 e. The Morgan fingerprint density at radius 2 is 1.84 bits per heavy atom. The minimum Gasteiger partial charge on any atom is -0.351 e. The highest BCUT2D eigenvalue weighted by molar-refractivity contribution is 7.88. The largest absolute Gasteiger partial charge is 0.351 e. The molecule has 1 aromatic heterocycles. The van der Waals surface area contributed by atoms with Crippen molar-refractivity contribution in [2.24, 2.45) is 0 Å². The molecule has 1 saturated carbocycles. The predicted molar refractivity (Wildman–Crippen MR) is 74.4 cm³/mol. The SMILES string of the molecule is Cc1ccnc(NC2CCC(NS(C)(=O)=O)CC2)n1. The number of rotatable bonds is 4. The molecule has 7 heteroatoms. The Labute approximate surface area is 114 Å². The lowest BCUT2D eigenvalue weighted by atomic mass is 9.92. The minimum absolute atomic E-state index is 0.0616. The van der Waals surface area contributed by atoms with Gasteiger partial charge in [0, 0.05) is 24.0 Å². The summed E-state index contributed by atoms with van der Waals surface area (Å²) in [5, 5.41) is 3.31. The van der Waals surface area contributed by atoms with Gasteiger partial charge in [-0.15, -0.1) is 0 Å². The number of aromatic nitrogens is 2. The predicted octanol–water partition coefficient (Wildman–Crippen LogP) is 1.06. The fourth-order valence-electron chi connectivity index (χ4n) is 2.36. The third-order valence-electron chi connectivity index (χ3n) is 3.24. The van der Waals surface area contributed by atoms with Crippen LogP contribution in [-0.2, 0) is 10.0 Å². The van der Waals surface area contributed by atoms with Crippen molar-refractivity contribution in [2.45, 2.75) is 44.7 Å². The van der Waals surface area contributed by atoms with Gasteiger partial charge >= 0.3 is 0 Å². The number of hydrogen-bond donors (Lipinski definition) is 2. The summed E-state index contributed by atoms with van der Waals surface area (Å²) < 4.78 is 25.0. The van der Waals surface area contributed by atoms with Crippen LogP contribution in [0.2, 0.25) is 0 Å². The third kappa shape index (κ3) is 4.76. The van der Waals surface area contributed by atoms with Crippen molar-refractivity contribution >= 4 is 16.0 Å². The summed E-state index contributed by atoms with van der Waals surface area (Å²) in [4.78, 5) is 8.49. The topological polar surface area (TPSA) is 84.0 Å². The van der Waals surface area contributed by atoms with Crippen molar-refractivity contribution in [3.8, 4) is 0 Å². The first kappa shape index (κ1) is 14.2. The van der Waals surface area contributed by atoms with Crippen LogP contribution in [0.15, 0.2) is 12.3 Å². The van der Waals surface area contributed by atoms with E-state index in [4.69, 9.17) is 0 Å². The zero-order valence-corrected chi connectivity index (χ0v) is 12.1. The molecule has 1 heterocycles. The first-order chi connectivity index (χ1) is 8.92. The van der Waals surface area contributed by atoms with E-state index in [-0.39, 0.29) is 6.04 Å². The fraction of sp³-hybridized carbons (Fsp3) is 0.667. The Morgan fingerprint density at radius 3 is 2.42 bits per heavy atom. The van der Waals surface area contributed by atoms with Crippen LogP contribution in [0.25, 0.3) is 0 Å². The van der Waals surface area contributed by atoms with Gasteiger partial charge in [-0.05, 0) is 38.7 Å². The minimum atomic E-state index is -3.10. The molecule has 106 valence electrons. The second-order valence-electron chi connectivity index (χ2n) is 5.10. The van der Waals surface area contributed by atoms with Gasteiger partial charge < -0.3 is 5.32 Å². The Balaban J connectivity index is 1.84. The van der Waals surface area contributed by atoms with E-state index in [1.54, 1.807) is 6.20 Å². The summed E-state index contributed by atoms with van der Waals surface area (Å²) in [6.45, 7) is 1.93. The molecule has 1 aliphatic rings. The molecule has 0 aromatic carbocycles. The molecule has 2 rings (SSSR count). The van der Waals surface area contributed by atoms with Gasteiger partial charge in [-0.1, -0.05) is 0 Å². The van der Waals surface area contributed by atoms with E-state index in [2.05, 4.69) is 20.0 Å². The lowest BCUT2D eigenvalue weighted by molar-refractivity contribution is 0.387. The van der Waals surface area contributed by atoms with Gasteiger partial charge in [-0.2, -0.15) is 0 Å². The van der Waals surface area contributed by atoms with Gasteiger partial charge in [0.2, 0.25) is 16.0 Å². The monoisotopic (exact) mass is 284 g/mol. The van der Waals surface area contributed by atoms with Gasteiger partial charge in [0.15, 0.2) is 0 Å². The first-order valence-corrected chi connectivity index (χ1v) is 8.35. The van der Waals surface area contributed by atoms with E-state index in [0.717, 1.165) is 31.4 Å². The third-order valence-corrected chi connectivity index (χ3v) is 4.00. The molecule has 1 aliphatic carbocycles. The molecule has 0 spiro atoms. The summed E-state index contributed by atoms with van der Waals surface area (Å²) in [6, 6.07) is 2.24. The summed E-state index contributed by atoms with van der Waals surface area (Å²) in [6.07, 6.45) is 6.47. The molecule has 6 nitrogen and oxygen atoms in total. The molecule has 0 aliphatic heterocycles. The molecular formula is C12H20N4O2S. The number of hydrogen-bond acceptors (Lipinski definition) is 5. The highest BCUT2D eigenvalue weighted by Gasteiger charge is 2.23. The first-order valence-electron chi connectivity index (χ1n) is 6.46. The van der Waals surface area contributed by atoms with Gasteiger partial charge in [0.25, 0.3) is 0 Å². The number of nitrogens with one attached hydrogen (secondary N) is 2. The zero-order chi connectivity index (χ0) is 13.9. The Bertz CT molecular complexity index is 524. The molecule has 0 amide bonds. The number of nitrogens with zero attached hydrogens (tertiary/aromatic N) is 2. The zero-order valence-electron chi connectivity index (χ0n) is 11.3. The van der Waals surface area contributed by atoms with E-state index in [1.165, 1.54) is 6.26 Å². The molecule has 0 atom stereocenters. The van der Waals surface area contributed by atoms with Crippen LogP contribution < -0.4 is 10.0 Å². The molecular weight excluding hydrogens is 264 g/mol. The second kappa shape index (κ2) is 5.83. The van der Waals surface area contributed by atoms with E-state index >= 15 is 0 Å². The fourth-order valence-corrected chi connectivity index (χ4v) is 3.20. The van der Waals surface area contributed by atoms with Crippen LogP contribution in [0, 0.1) is 6.92 Å². The van der Waals surface area contributed by atoms with Crippen LogP contribution in [0.3, 0.4) is 0 Å². The van der Waals surface area contributed by atoms with Gasteiger partial charge in [0.1, 0.15) is 0 Å². The lowest BCUT2D eigenvalue weighted by Crippen LogP contribution is -2.39. The molecule has 0 bridgehead atoms. The molecule has 0 unspecified atom stereocenters. The smallest absolute Gasteiger partial charge is 0.223 e.